The molecule has 0 saturated heterocycles. The van der Waals surface area contributed by atoms with Gasteiger partial charge < -0.3 is 24.9 Å². The number of methoxy groups -OCH3 is 1. The molecule has 0 bridgehead atoms. The lowest BCUT2D eigenvalue weighted by Gasteiger charge is -2.16. The summed E-state index contributed by atoms with van der Waals surface area (Å²) in [4.78, 5) is 15.1. The van der Waals surface area contributed by atoms with Crippen molar-refractivity contribution < 1.29 is 19.4 Å². The Morgan fingerprint density at radius 2 is 1.82 bits per heavy atom. The topological polar surface area (TPSA) is 83.6 Å². The van der Waals surface area contributed by atoms with Crippen molar-refractivity contribution in [1.29, 1.82) is 0 Å². The SMILES string of the molecule is COc1cc(CNC(Cc2c[nH]c3ccccc23)C(=O)O)ccc1OCc1c(Cl)cccc1Cl. The van der Waals surface area contributed by atoms with Gasteiger partial charge in [-0.2, -0.15) is 0 Å². The van der Waals surface area contributed by atoms with Crippen LogP contribution in [0.3, 0.4) is 0 Å². The van der Waals surface area contributed by atoms with E-state index in [-0.39, 0.29) is 6.61 Å². The molecule has 1 heterocycles. The summed E-state index contributed by atoms with van der Waals surface area (Å²) in [5.41, 5.74) is 3.50. The molecule has 0 spiro atoms. The third kappa shape index (κ3) is 5.47. The van der Waals surface area contributed by atoms with Gasteiger partial charge in [0.2, 0.25) is 0 Å². The summed E-state index contributed by atoms with van der Waals surface area (Å²) in [7, 11) is 1.55. The first-order valence-corrected chi connectivity index (χ1v) is 11.5. The number of para-hydroxylation sites is 1. The number of nitrogens with one attached hydrogen (secondary N) is 2. The predicted molar refractivity (Wildman–Crippen MR) is 134 cm³/mol. The first-order valence-electron chi connectivity index (χ1n) is 10.7. The van der Waals surface area contributed by atoms with Crippen LogP contribution < -0.4 is 14.8 Å². The number of benzene rings is 3. The van der Waals surface area contributed by atoms with Crippen LogP contribution in [-0.2, 0) is 24.4 Å². The van der Waals surface area contributed by atoms with Crippen LogP contribution in [0.5, 0.6) is 11.5 Å². The van der Waals surface area contributed by atoms with Gasteiger partial charge in [0.15, 0.2) is 11.5 Å². The highest BCUT2D eigenvalue weighted by Gasteiger charge is 2.19. The van der Waals surface area contributed by atoms with Crippen molar-refractivity contribution in [3.63, 3.8) is 0 Å². The van der Waals surface area contributed by atoms with Crippen molar-refractivity contribution in [3.8, 4) is 11.5 Å². The van der Waals surface area contributed by atoms with Gasteiger partial charge in [0.05, 0.1) is 7.11 Å². The van der Waals surface area contributed by atoms with Crippen molar-refractivity contribution in [3.05, 3.63) is 93.6 Å². The van der Waals surface area contributed by atoms with Crippen LogP contribution in [0.25, 0.3) is 10.9 Å². The first-order chi connectivity index (χ1) is 16.5. The Morgan fingerprint density at radius 3 is 2.56 bits per heavy atom. The van der Waals surface area contributed by atoms with Crippen molar-refractivity contribution in [2.75, 3.05) is 7.11 Å². The van der Waals surface area contributed by atoms with Crippen molar-refractivity contribution in [1.82, 2.24) is 10.3 Å². The van der Waals surface area contributed by atoms with Gasteiger partial charge in [0.25, 0.3) is 0 Å². The number of ether oxygens (including phenoxy) is 2. The third-order valence-electron chi connectivity index (χ3n) is 5.61. The van der Waals surface area contributed by atoms with Crippen LogP contribution in [0.1, 0.15) is 16.7 Å². The summed E-state index contributed by atoms with van der Waals surface area (Å²) in [6.45, 7) is 0.546. The molecule has 6 nitrogen and oxygen atoms in total. The van der Waals surface area contributed by atoms with E-state index in [1.54, 1.807) is 31.4 Å². The van der Waals surface area contributed by atoms with Gasteiger partial charge in [-0.3, -0.25) is 4.79 Å². The minimum atomic E-state index is -0.909. The van der Waals surface area contributed by atoms with Gasteiger partial charge in [-0.15, -0.1) is 0 Å². The molecule has 1 unspecified atom stereocenters. The number of H-pyrrole nitrogens is 1. The maximum absolute atomic E-state index is 11.9. The van der Waals surface area contributed by atoms with Gasteiger partial charge in [-0.1, -0.05) is 53.5 Å². The highest BCUT2D eigenvalue weighted by molar-refractivity contribution is 6.35. The van der Waals surface area contributed by atoms with Gasteiger partial charge in [0.1, 0.15) is 12.6 Å². The Balaban J connectivity index is 1.43. The zero-order chi connectivity index (χ0) is 24.1. The average molecular weight is 499 g/mol. The minimum absolute atomic E-state index is 0.193. The first kappa shape index (κ1) is 24.0. The van der Waals surface area contributed by atoms with E-state index in [9.17, 15) is 9.90 Å². The molecule has 0 aliphatic heterocycles. The van der Waals surface area contributed by atoms with Crippen LogP contribution in [-0.4, -0.2) is 29.2 Å². The largest absolute Gasteiger partial charge is 0.493 e. The monoisotopic (exact) mass is 498 g/mol. The molecule has 4 rings (SSSR count). The smallest absolute Gasteiger partial charge is 0.321 e. The summed E-state index contributed by atoms with van der Waals surface area (Å²) in [6, 6.07) is 17.9. The Labute approximate surface area is 207 Å². The van der Waals surface area contributed by atoms with Crippen LogP contribution >= 0.6 is 23.2 Å². The van der Waals surface area contributed by atoms with Crippen molar-refractivity contribution in [2.24, 2.45) is 0 Å². The summed E-state index contributed by atoms with van der Waals surface area (Å²) >= 11 is 12.4. The molecule has 1 aromatic heterocycles. The molecule has 8 heteroatoms. The van der Waals surface area contributed by atoms with Crippen LogP contribution in [0.4, 0.5) is 0 Å². The molecule has 0 saturated carbocycles. The number of halogens is 2. The average Bonchev–Trinajstić information content (AvgIpc) is 3.24. The normalized spacial score (nSPS) is 12.0. The highest BCUT2D eigenvalue weighted by atomic mass is 35.5. The second-order valence-corrected chi connectivity index (χ2v) is 8.62. The number of hydrogen-bond acceptors (Lipinski definition) is 4. The van der Waals surface area contributed by atoms with E-state index >= 15 is 0 Å². The number of aliphatic carboxylic acids is 1. The minimum Gasteiger partial charge on any atom is -0.493 e. The molecule has 176 valence electrons. The predicted octanol–water partition coefficient (Wildman–Crippen LogP) is 5.85. The molecule has 1 atom stereocenters. The molecular formula is C26H24Cl2N2O4. The standard InChI is InChI=1S/C26H24Cl2N2O4/c1-33-25-11-16(9-10-24(25)34-15-19-20(27)6-4-7-21(19)28)13-29-23(26(31)32)12-17-14-30-22-8-3-2-5-18(17)22/h2-11,14,23,29-30H,12-13,15H2,1H3,(H,31,32). The fourth-order valence-electron chi connectivity index (χ4n) is 3.77. The molecule has 0 amide bonds. The maximum atomic E-state index is 11.9. The van der Waals surface area contributed by atoms with E-state index in [0.29, 0.717) is 40.1 Å². The van der Waals surface area contributed by atoms with E-state index in [0.717, 1.165) is 22.0 Å². The second-order valence-electron chi connectivity index (χ2n) is 7.81. The number of aromatic amines is 1. The lowest BCUT2D eigenvalue weighted by atomic mass is 10.0. The number of aromatic nitrogens is 1. The fourth-order valence-corrected chi connectivity index (χ4v) is 4.28. The zero-order valence-electron chi connectivity index (χ0n) is 18.5. The number of fused-ring (bicyclic) bond motifs is 1. The second kappa shape index (κ2) is 10.8. The molecule has 0 radical (unpaired) electrons. The van der Waals surface area contributed by atoms with Gasteiger partial charge in [-0.05, 0) is 41.5 Å². The van der Waals surface area contributed by atoms with E-state index in [2.05, 4.69) is 10.3 Å². The lowest BCUT2D eigenvalue weighted by Crippen LogP contribution is -2.38. The summed E-state index contributed by atoms with van der Waals surface area (Å²) < 4.78 is 11.4. The molecule has 3 N–H and O–H groups in total. The lowest BCUT2D eigenvalue weighted by molar-refractivity contribution is -0.139. The summed E-state index contributed by atoms with van der Waals surface area (Å²) in [5.74, 6) is 0.163. The van der Waals surface area contributed by atoms with Crippen LogP contribution in [0.2, 0.25) is 10.0 Å². The van der Waals surface area contributed by atoms with E-state index in [1.807, 2.05) is 42.6 Å². The van der Waals surface area contributed by atoms with Gasteiger partial charge >= 0.3 is 5.97 Å². The Morgan fingerprint density at radius 1 is 1.06 bits per heavy atom. The quantitative estimate of drug-likeness (QED) is 0.255. The van der Waals surface area contributed by atoms with E-state index in [1.165, 1.54) is 0 Å². The van der Waals surface area contributed by atoms with E-state index < -0.39 is 12.0 Å². The van der Waals surface area contributed by atoms with Crippen LogP contribution in [0, 0.1) is 0 Å². The Kier molecular flexibility index (Phi) is 7.63. The molecule has 0 fully saturated rings. The van der Waals surface area contributed by atoms with Crippen molar-refractivity contribution in [2.45, 2.75) is 25.6 Å². The molecule has 0 aliphatic carbocycles. The zero-order valence-corrected chi connectivity index (χ0v) is 20.0. The maximum Gasteiger partial charge on any atom is 0.321 e. The third-order valence-corrected chi connectivity index (χ3v) is 6.32. The summed E-state index contributed by atoms with van der Waals surface area (Å²) in [6.07, 6.45) is 2.22. The highest BCUT2D eigenvalue weighted by Crippen LogP contribution is 2.31. The van der Waals surface area contributed by atoms with Crippen LogP contribution in [0.15, 0.2) is 66.9 Å². The molecule has 3 aromatic carbocycles. The molecular weight excluding hydrogens is 475 g/mol. The Bertz CT molecular complexity index is 1280. The number of carbonyl (C=O) groups is 1. The van der Waals surface area contributed by atoms with Crippen molar-refractivity contribution >= 4 is 40.1 Å². The fraction of sp³-hybridized carbons (Fsp3) is 0.192. The molecule has 34 heavy (non-hydrogen) atoms. The van der Waals surface area contributed by atoms with E-state index in [4.69, 9.17) is 32.7 Å². The van der Waals surface area contributed by atoms with Gasteiger partial charge in [0, 0.05) is 45.7 Å². The number of carboxylic acids is 1. The number of hydrogen-bond donors (Lipinski definition) is 3. The summed E-state index contributed by atoms with van der Waals surface area (Å²) in [5, 5.41) is 15.0. The number of rotatable bonds is 10. The number of carboxylic acid groups (broad SMARTS) is 1. The Hall–Kier alpha value is -3.19. The molecule has 0 aliphatic rings. The van der Waals surface area contributed by atoms with Gasteiger partial charge in [-0.25, -0.2) is 0 Å². The molecule has 4 aromatic rings.